The minimum atomic E-state index is -0.209. The monoisotopic (exact) mass is 244 g/mol. The van der Waals surface area contributed by atoms with E-state index in [1.165, 1.54) is 6.07 Å². The molecule has 2 rings (SSSR count). The molecule has 1 unspecified atom stereocenters. The molecule has 0 aliphatic carbocycles. The van der Waals surface area contributed by atoms with E-state index in [-0.39, 0.29) is 11.9 Å². The van der Waals surface area contributed by atoms with Crippen molar-refractivity contribution in [2.24, 2.45) is 0 Å². The Labute approximate surface area is 107 Å². The highest BCUT2D eigenvalue weighted by Crippen LogP contribution is 2.21. The maximum absolute atomic E-state index is 13.3. The zero-order valence-corrected chi connectivity index (χ0v) is 10.4. The summed E-state index contributed by atoms with van der Waals surface area (Å²) in [6.07, 6.45) is 4.59. The van der Waals surface area contributed by atoms with Crippen LogP contribution in [0.5, 0.6) is 0 Å². The lowest BCUT2D eigenvalue weighted by molar-refractivity contribution is 0.584. The maximum atomic E-state index is 13.3. The van der Waals surface area contributed by atoms with Crippen LogP contribution in [0.2, 0.25) is 0 Å². The van der Waals surface area contributed by atoms with Crippen molar-refractivity contribution in [2.75, 3.05) is 6.54 Å². The number of benzene rings is 1. The number of halogens is 1. The van der Waals surface area contributed by atoms with E-state index in [9.17, 15) is 4.39 Å². The number of hydrogen-bond donors (Lipinski definition) is 1. The molecule has 0 saturated heterocycles. The molecule has 1 N–H and O–H groups in total. The molecule has 1 aromatic carbocycles. The van der Waals surface area contributed by atoms with Crippen LogP contribution in [0, 0.1) is 5.82 Å². The van der Waals surface area contributed by atoms with E-state index in [0.29, 0.717) is 0 Å². The fourth-order valence-electron chi connectivity index (χ4n) is 1.95. The molecule has 0 fully saturated rings. The first-order chi connectivity index (χ1) is 8.81. The summed E-state index contributed by atoms with van der Waals surface area (Å²) >= 11 is 0. The lowest BCUT2D eigenvalue weighted by atomic mass is 10.00. The second kappa shape index (κ2) is 6.26. The Hall–Kier alpha value is -1.74. The van der Waals surface area contributed by atoms with Gasteiger partial charge in [-0.2, -0.15) is 0 Å². The van der Waals surface area contributed by atoms with Gasteiger partial charge in [0.05, 0.1) is 6.04 Å². The number of nitrogens with zero attached hydrogens (tertiary/aromatic N) is 1. The van der Waals surface area contributed by atoms with E-state index in [1.54, 1.807) is 18.3 Å². The van der Waals surface area contributed by atoms with Gasteiger partial charge in [-0.05, 0) is 42.3 Å². The Morgan fingerprint density at radius 1 is 1.22 bits per heavy atom. The lowest BCUT2D eigenvalue weighted by Crippen LogP contribution is -2.23. The van der Waals surface area contributed by atoms with Crippen LogP contribution in [-0.2, 0) is 0 Å². The highest BCUT2D eigenvalue weighted by Gasteiger charge is 2.13. The molecule has 2 nitrogen and oxygen atoms in total. The van der Waals surface area contributed by atoms with E-state index in [1.807, 2.05) is 24.4 Å². The third kappa shape index (κ3) is 3.14. The molecule has 0 bridgehead atoms. The van der Waals surface area contributed by atoms with E-state index in [2.05, 4.69) is 17.2 Å². The fourth-order valence-corrected chi connectivity index (χ4v) is 1.95. The van der Waals surface area contributed by atoms with Gasteiger partial charge in [0.1, 0.15) is 5.82 Å². The normalized spacial score (nSPS) is 12.3. The molecule has 1 atom stereocenters. The topological polar surface area (TPSA) is 24.9 Å². The van der Waals surface area contributed by atoms with Crippen molar-refractivity contribution in [3.05, 3.63) is 65.7 Å². The summed E-state index contributed by atoms with van der Waals surface area (Å²) < 4.78 is 13.3. The van der Waals surface area contributed by atoms with Crippen molar-refractivity contribution >= 4 is 0 Å². The van der Waals surface area contributed by atoms with Gasteiger partial charge < -0.3 is 5.32 Å². The zero-order chi connectivity index (χ0) is 12.8. The molecule has 94 valence electrons. The van der Waals surface area contributed by atoms with Crippen molar-refractivity contribution in [1.82, 2.24) is 10.3 Å². The second-order valence-corrected chi connectivity index (χ2v) is 4.23. The Kier molecular flexibility index (Phi) is 4.42. The largest absolute Gasteiger partial charge is 0.306 e. The Balaban J connectivity index is 2.31. The number of nitrogens with one attached hydrogen (secondary N) is 1. The molecular weight excluding hydrogens is 227 g/mol. The third-order valence-corrected chi connectivity index (χ3v) is 2.80. The van der Waals surface area contributed by atoms with E-state index < -0.39 is 0 Å². The predicted octanol–water partition coefficient (Wildman–Crippen LogP) is 3.31. The number of aromatic nitrogens is 1. The fraction of sp³-hybridized carbons (Fsp3) is 0.267. The standard InChI is InChI=1S/C15H17FN2/c1-2-8-18-15(13-6-4-9-17-11-13)12-5-3-7-14(16)10-12/h3-7,9-11,15,18H,2,8H2,1H3. The predicted molar refractivity (Wildman–Crippen MR) is 70.8 cm³/mol. The quantitative estimate of drug-likeness (QED) is 0.872. The Morgan fingerprint density at radius 2 is 2.06 bits per heavy atom. The smallest absolute Gasteiger partial charge is 0.123 e. The van der Waals surface area contributed by atoms with Crippen LogP contribution in [0.1, 0.15) is 30.5 Å². The zero-order valence-electron chi connectivity index (χ0n) is 10.4. The first kappa shape index (κ1) is 12.7. The van der Waals surface area contributed by atoms with E-state index in [4.69, 9.17) is 0 Å². The van der Waals surface area contributed by atoms with Crippen molar-refractivity contribution in [2.45, 2.75) is 19.4 Å². The van der Waals surface area contributed by atoms with Gasteiger partial charge in [-0.1, -0.05) is 25.1 Å². The van der Waals surface area contributed by atoms with Gasteiger partial charge in [0.2, 0.25) is 0 Å². The van der Waals surface area contributed by atoms with Crippen molar-refractivity contribution < 1.29 is 4.39 Å². The van der Waals surface area contributed by atoms with Gasteiger partial charge in [-0.3, -0.25) is 4.98 Å². The number of rotatable bonds is 5. The van der Waals surface area contributed by atoms with Crippen LogP contribution in [0.3, 0.4) is 0 Å². The second-order valence-electron chi connectivity index (χ2n) is 4.23. The van der Waals surface area contributed by atoms with Gasteiger partial charge in [-0.15, -0.1) is 0 Å². The minimum Gasteiger partial charge on any atom is -0.306 e. The van der Waals surface area contributed by atoms with Crippen molar-refractivity contribution in [1.29, 1.82) is 0 Å². The third-order valence-electron chi connectivity index (χ3n) is 2.80. The van der Waals surface area contributed by atoms with E-state index in [0.717, 1.165) is 24.1 Å². The highest BCUT2D eigenvalue weighted by molar-refractivity contribution is 5.30. The van der Waals surface area contributed by atoms with Crippen LogP contribution in [0.25, 0.3) is 0 Å². The van der Waals surface area contributed by atoms with Crippen molar-refractivity contribution in [3.8, 4) is 0 Å². The molecule has 18 heavy (non-hydrogen) atoms. The maximum Gasteiger partial charge on any atom is 0.123 e. The van der Waals surface area contributed by atoms with Crippen molar-refractivity contribution in [3.63, 3.8) is 0 Å². The Morgan fingerprint density at radius 3 is 2.72 bits per heavy atom. The minimum absolute atomic E-state index is 0.00523. The van der Waals surface area contributed by atoms with Crippen LogP contribution in [-0.4, -0.2) is 11.5 Å². The van der Waals surface area contributed by atoms with E-state index >= 15 is 0 Å². The number of pyridine rings is 1. The summed E-state index contributed by atoms with van der Waals surface area (Å²) in [5, 5.41) is 3.42. The summed E-state index contributed by atoms with van der Waals surface area (Å²) in [5.74, 6) is -0.209. The molecule has 1 heterocycles. The van der Waals surface area contributed by atoms with Crippen LogP contribution in [0.4, 0.5) is 4.39 Å². The summed E-state index contributed by atoms with van der Waals surface area (Å²) in [4.78, 5) is 4.13. The summed E-state index contributed by atoms with van der Waals surface area (Å²) in [5.41, 5.74) is 1.98. The summed E-state index contributed by atoms with van der Waals surface area (Å²) in [6, 6.07) is 10.6. The molecule has 0 aliphatic rings. The molecule has 0 radical (unpaired) electrons. The molecule has 0 spiro atoms. The number of hydrogen-bond acceptors (Lipinski definition) is 2. The summed E-state index contributed by atoms with van der Waals surface area (Å²) in [7, 11) is 0. The molecule has 3 heteroatoms. The molecule has 0 aliphatic heterocycles. The summed E-state index contributed by atoms with van der Waals surface area (Å²) in [6.45, 7) is 2.99. The molecular formula is C15H17FN2. The first-order valence-corrected chi connectivity index (χ1v) is 6.20. The van der Waals surface area contributed by atoms with Gasteiger partial charge in [0, 0.05) is 12.4 Å². The molecule has 0 amide bonds. The molecule has 2 aromatic rings. The SMILES string of the molecule is CCCNC(c1cccnc1)c1cccc(F)c1. The average molecular weight is 244 g/mol. The molecule has 0 saturated carbocycles. The Bertz CT molecular complexity index is 485. The first-order valence-electron chi connectivity index (χ1n) is 6.20. The molecule has 1 aromatic heterocycles. The highest BCUT2D eigenvalue weighted by atomic mass is 19.1. The van der Waals surface area contributed by atoms with Crippen LogP contribution in [0.15, 0.2) is 48.8 Å². The van der Waals surface area contributed by atoms with Gasteiger partial charge in [0.15, 0.2) is 0 Å². The van der Waals surface area contributed by atoms with Crippen LogP contribution < -0.4 is 5.32 Å². The van der Waals surface area contributed by atoms with Gasteiger partial charge in [0.25, 0.3) is 0 Å². The average Bonchev–Trinajstić information content (AvgIpc) is 2.40. The van der Waals surface area contributed by atoms with Gasteiger partial charge >= 0.3 is 0 Å². The van der Waals surface area contributed by atoms with Gasteiger partial charge in [-0.25, -0.2) is 4.39 Å². The lowest BCUT2D eigenvalue weighted by Gasteiger charge is -2.19. The van der Waals surface area contributed by atoms with Crippen LogP contribution >= 0.6 is 0 Å².